The van der Waals surface area contributed by atoms with E-state index in [0.29, 0.717) is 57.0 Å². The van der Waals surface area contributed by atoms with Crippen LogP contribution in [0.4, 0.5) is 9.18 Å². The van der Waals surface area contributed by atoms with E-state index in [-0.39, 0.29) is 6.09 Å². The number of carbonyl (C=O) groups excluding carboxylic acids is 1. The largest absolute Gasteiger partial charge is 0.449 e. The van der Waals surface area contributed by atoms with E-state index in [1.165, 1.54) is 5.56 Å². The number of piperidine rings is 2. The highest BCUT2D eigenvalue weighted by Gasteiger charge is 2.42. The van der Waals surface area contributed by atoms with Gasteiger partial charge in [-0.05, 0) is 43.8 Å². The van der Waals surface area contributed by atoms with Crippen LogP contribution < -0.4 is 10.6 Å². The molecule has 1 saturated carbocycles. The lowest BCUT2D eigenvalue weighted by molar-refractivity contribution is 0.0362. The average molecular weight is 390 g/mol. The number of nitrogens with zero attached hydrogens (tertiary/aromatic N) is 1. The van der Waals surface area contributed by atoms with Gasteiger partial charge in [-0.15, -0.1) is 0 Å². The van der Waals surface area contributed by atoms with Gasteiger partial charge in [0.15, 0.2) is 0 Å². The van der Waals surface area contributed by atoms with E-state index in [4.69, 9.17) is 4.74 Å². The van der Waals surface area contributed by atoms with Gasteiger partial charge in [0.05, 0.1) is 6.61 Å². The molecule has 2 aliphatic heterocycles. The van der Waals surface area contributed by atoms with Crippen LogP contribution in [0.25, 0.3) is 0 Å². The number of amides is 1. The van der Waals surface area contributed by atoms with E-state index < -0.39 is 5.67 Å². The van der Waals surface area contributed by atoms with Crippen LogP contribution in [0, 0.1) is 5.92 Å². The summed E-state index contributed by atoms with van der Waals surface area (Å²) in [5.41, 5.74) is 0.106. The molecule has 5 nitrogen and oxygen atoms in total. The van der Waals surface area contributed by atoms with Crippen molar-refractivity contribution in [2.24, 2.45) is 5.92 Å². The van der Waals surface area contributed by atoms with E-state index in [1.54, 1.807) is 4.90 Å². The molecule has 0 radical (unpaired) electrons. The van der Waals surface area contributed by atoms with E-state index in [1.807, 2.05) is 6.07 Å². The van der Waals surface area contributed by atoms with Gasteiger partial charge >= 0.3 is 6.09 Å². The molecule has 28 heavy (non-hydrogen) atoms. The highest BCUT2D eigenvalue weighted by Crippen LogP contribution is 2.41. The molecular formula is C22H32FN3O2. The standard InChI is InChI=1S/C22H32FN3O2/c23-22(16-25-20-14-19(20)18-4-2-1-3-5-18)8-12-26(13-9-22)21(27)28-15-17-6-10-24-11-7-17/h1-5,17,19-20,24-25H,6-16H2/t19-,20?/m1/s1. The van der Waals surface area contributed by atoms with Crippen molar-refractivity contribution in [3.63, 3.8) is 0 Å². The smallest absolute Gasteiger partial charge is 0.409 e. The first-order chi connectivity index (χ1) is 13.6. The zero-order valence-electron chi connectivity index (χ0n) is 16.5. The van der Waals surface area contributed by atoms with Gasteiger partial charge in [-0.1, -0.05) is 30.3 Å². The maximum absolute atomic E-state index is 15.2. The van der Waals surface area contributed by atoms with E-state index >= 15 is 4.39 Å². The molecule has 0 spiro atoms. The molecule has 2 atom stereocenters. The van der Waals surface area contributed by atoms with Crippen LogP contribution >= 0.6 is 0 Å². The zero-order chi connectivity index (χ0) is 19.4. The summed E-state index contributed by atoms with van der Waals surface area (Å²) in [6.45, 7) is 3.73. The van der Waals surface area contributed by atoms with Crippen molar-refractivity contribution >= 4 is 6.09 Å². The topological polar surface area (TPSA) is 53.6 Å². The van der Waals surface area contributed by atoms with Crippen LogP contribution in [-0.4, -0.2) is 62.0 Å². The Morgan fingerprint density at radius 1 is 1.21 bits per heavy atom. The lowest BCUT2D eigenvalue weighted by Gasteiger charge is -2.36. The Kier molecular flexibility index (Phi) is 6.16. The minimum atomic E-state index is -1.23. The summed E-state index contributed by atoms with van der Waals surface area (Å²) in [5, 5.41) is 6.72. The summed E-state index contributed by atoms with van der Waals surface area (Å²) in [6.07, 6.45) is 3.67. The van der Waals surface area contributed by atoms with Crippen molar-refractivity contribution in [2.75, 3.05) is 39.3 Å². The van der Waals surface area contributed by atoms with Crippen molar-refractivity contribution < 1.29 is 13.9 Å². The van der Waals surface area contributed by atoms with Crippen molar-refractivity contribution in [1.29, 1.82) is 0 Å². The van der Waals surface area contributed by atoms with Crippen molar-refractivity contribution in [2.45, 2.75) is 49.7 Å². The molecule has 4 rings (SSSR count). The Morgan fingerprint density at radius 3 is 2.64 bits per heavy atom. The number of hydrogen-bond donors (Lipinski definition) is 2. The molecular weight excluding hydrogens is 357 g/mol. The predicted molar refractivity (Wildman–Crippen MR) is 107 cm³/mol. The van der Waals surface area contributed by atoms with Gasteiger partial charge in [0.2, 0.25) is 0 Å². The third-order valence-electron chi connectivity index (χ3n) is 6.52. The molecule has 0 aromatic heterocycles. The Morgan fingerprint density at radius 2 is 1.93 bits per heavy atom. The fraction of sp³-hybridized carbons (Fsp3) is 0.682. The third-order valence-corrected chi connectivity index (χ3v) is 6.52. The zero-order valence-corrected chi connectivity index (χ0v) is 16.5. The van der Waals surface area contributed by atoms with Gasteiger partial charge in [-0.2, -0.15) is 0 Å². The Hall–Kier alpha value is -1.66. The first-order valence-electron chi connectivity index (χ1n) is 10.7. The summed E-state index contributed by atoms with van der Waals surface area (Å²) >= 11 is 0. The van der Waals surface area contributed by atoms with Crippen molar-refractivity contribution in [3.05, 3.63) is 35.9 Å². The summed E-state index contributed by atoms with van der Waals surface area (Å²) in [4.78, 5) is 13.9. The van der Waals surface area contributed by atoms with Gasteiger partial charge in [-0.3, -0.25) is 0 Å². The van der Waals surface area contributed by atoms with Gasteiger partial charge in [0.25, 0.3) is 0 Å². The summed E-state index contributed by atoms with van der Waals surface area (Å²) in [7, 11) is 0. The maximum Gasteiger partial charge on any atom is 0.409 e. The van der Waals surface area contributed by atoms with Crippen molar-refractivity contribution in [1.82, 2.24) is 15.5 Å². The third kappa shape index (κ3) is 5.03. The van der Waals surface area contributed by atoms with Crippen LogP contribution in [-0.2, 0) is 4.74 Å². The second-order valence-electron chi connectivity index (χ2n) is 8.65. The molecule has 1 aromatic carbocycles. The monoisotopic (exact) mass is 389 g/mol. The van der Waals surface area contributed by atoms with Crippen LogP contribution in [0.3, 0.4) is 0 Å². The van der Waals surface area contributed by atoms with Crippen molar-refractivity contribution in [3.8, 4) is 0 Å². The molecule has 3 fully saturated rings. The van der Waals surface area contributed by atoms with Crippen LogP contribution in [0.5, 0.6) is 0 Å². The molecule has 1 amide bonds. The number of alkyl halides is 1. The molecule has 1 aromatic rings. The number of rotatable bonds is 6. The lowest BCUT2D eigenvalue weighted by Crippen LogP contribution is -2.49. The molecule has 1 aliphatic carbocycles. The van der Waals surface area contributed by atoms with Gasteiger partial charge in [-0.25, -0.2) is 9.18 Å². The minimum absolute atomic E-state index is 0.278. The van der Waals surface area contributed by atoms with Gasteiger partial charge < -0.3 is 20.3 Å². The Balaban J connectivity index is 1.15. The van der Waals surface area contributed by atoms with Crippen LogP contribution in [0.15, 0.2) is 30.3 Å². The molecule has 1 unspecified atom stereocenters. The van der Waals surface area contributed by atoms with E-state index in [2.05, 4.69) is 34.9 Å². The van der Waals surface area contributed by atoms with Crippen LogP contribution in [0.2, 0.25) is 0 Å². The van der Waals surface area contributed by atoms with Gasteiger partial charge in [0.1, 0.15) is 5.67 Å². The molecule has 3 aliphatic rings. The summed E-state index contributed by atoms with van der Waals surface area (Å²) in [6, 6.07) is 10.8. The second kappa shape index (κ2) is 8.78. The number of carbonyl (C=O) groups is 1. The van der Waals surface area contributed by atoms with Gasteiger partial charge in [0, 0.05) is 44.4 Å². The fourth-order valence-electron chi connectivity index (χ4n) is 4.40. The highest BCUT2D eigenvalue weighted by atomic mass is 19.1. The summed E-state index contributed by atoms with van der Waals surface area (Å²) < 4.78 is 20.6. The number of ether oxygens (including phenoxy) is 1. The molecule has 154 valence electrons. The summed E-state index contributed by atoms with van der Waals surface area (Å²) in [5.74, 6) is 0.963. The number of likely N-dealkylation sites (tertiary alicyclic amines) is 1. The molecule has 6 heteroatoms. The minimum Gasteiger partial charge on any atom is -0.449 e. The molecule has 2 heterocycles. The maximum atomic E-state index is 15.2. The Bertz CT molecular complexity index is 642. The Labute approximate surface area is 167 Å². The quantitative estimate of drug-likeness (QED) is 0.785. The number of halogens is 1. The molecule has 0 bridgehead atoms. The van der Waals surface area contributed by atoms with Crippen LogP contribution in [0.1, 0.15) is 43.6 Å². The van der Waals surface area contributed by atoms with E-state index in [0.717, 1.165) is 32.4 Å². The lowest BCUT2D eigenvalue weighted by atomic mass is 9.93. The SMILES string of the molecule is O=C(OCC1CCNCC1)N1CCC(F)(CNC2C[C@@H]2c2ccccc2)CC1. The average Bonchev–Trinajstić information content (AvgIpc) is 3.53. The predicted octanol–water partition coefficient (Wildman–Crippen LogP) is 3.07. The fourth-order valence-corrected chi connectivity index (χ4v) is 4.40. The number of hydrogen-bond acceptors (Lipinski definition) is 4. The highest BCUT2D eigenvalue weighted by molar-refractivity contribution is 5.67. The number of nitrogens with one attached hydrogen (secondary N) is 2. The normalized spacial score (nSPS) is 27.4. The molecule has 2 N–H and O–H groups in total. The van der Waals surface area contributed by atoms with E-state index in [9.17, 15) is 4.79 Å². The second-order valence-corrected chi connectivity index (χ2v) is 8.65. The number of benzene rings is 1. The first kappa shape index (κ1) is 19.6. The molecule has 2 saturated heterocycles. The first-order valence-corrected chi connectivity index (χ1v) is 10.7.